The fourth-order valence-corrected chi connectivity index (χ4v) is 1.62. The Morgan fingerprint density at radius 2 is 2.26 bits per heavy atom. The average molecular weight is 275 g/mol. The van der Waals surface area contributed by atoms with Gasteiger partial charge < -0.3 is 16.0 Å². The predicted octanol–water partition coefficient (Wildman–Crippen LogP) is 0.411. The van der Waals surface area contributed by atoms with E-state index in [-0.39, 0.29) is 10.9 Å². The third kappa shape index (κ3) is 3.59. The number of pyridine rings is 1. The summed E-state index contributed by atoms with van der Waals surface area (Å²) in [5.74, 6) is -0.228. The number of rotatable bonds is 5. The summed E-state index contributed by atoms with van der Waals surface area (Å²) in [6.45, 7) is 0.514. The Kier molecular flexibility index (Phi) is 4.19. The van der Waals surface area contributed by atoms with Crippen LogP contribution in [0, 0.1) is 0 Å². The Hall–Kier alpha value is -2.28. The summed E-state index contributed by atoms with van der Waals surface area (Å²) in [5.41, 5.74) is 7.41. The van der Waals surface area contributed by atoms with Gasteiger partial charge in [0.1, 0.15) is 10.7 Å². The topological polar surface area (TPSA) is 96.7 Å². The van der Waals surface area contributed by atoms with E-state index in [0.29, 0.717) is 24.2 Å². The van der Waals surface area contributed by atoms with Gasteiger partial charge in [0, 0.05) is 36.6 Å². The molecule has 0 unspecified atom stereocenters. The molecule has 1 amide bonds. The molecule has 0 bridgehead atoms. The van der Waals surface area contributed by atoms with Crippen LogP contribution in [0.2, 0.25) is 0 Å². The molecule has 7 heteroatoms. The molecule has 0 spiro atoms. The lowest BCUT2D eigenvalue weighted by atomic mass is 10.2. The zero-order valence-electron chi connectivity index (χ0n) is 10.1. The number of amides is 1. The van der Waals surface area contributed by atoms with Crippen LogP contribution < -0.4 is 11.1 Å². The van der Waals surface area contributed by atoms with E-state index in [1.165, 1.54) is 6.20 Å². The van der Waals surface area contributed by atoms with Crippen LogP contribution in [0.5, 0.6) is 0 Å². The van der Waals surface area contributed by atoms with Gasteiger partial charge in [0.15, 0.2) is 0 Å². The van der Waals surface area contributed by atoms with Crippen molar-refractivity contribution in [3.05, 3.63) is 47.8 Å². The number of H-pyrrole nitrogens is 1. The first-order valence-corrected chi connectivity index (χ1v) is 6.09. The molecule has 2 aromatic heterocycles. The number of hydrogen-bond donors (Lipinski definition) is 3. The van der Waals surface area contributed by atoms with Crippen molar-refractivity contribution >= 4 is 23.1 Å². The molecule has 2 heterocycles. The van der Waals surface area contributed by atoms with Gasteiger partial charge in [-0.15, -0.1) is 0 Å². The van der Waals surface area contributed by atoms with Crippen LogP contribution >= 0.6 is 12.2 Å². The normalized spacial score (nSPS) is 10.1. The number of aromatic nitrogens is 3. The van der Waals surface area contributed by atoms with Gasteiger partial charge in [0.2, 0.25) is 0 Å². The Morgan fingerprint density at radius 1 is 1.42 bits per heavy atom. The highest BCUT2D eigenvalue weighted by Crippen LogP contribution is 2.00. The first-order valence-electron chi connectivity index (χ1n) is 5.68. The molecule has 0 saturated carbocycles. The molecular weight excluding hydrogens is 262 g/mol. The minimum atomic E-state index is -0.228. The third-order valence-electron chi connectivity index (χ3n) is 2.52. The van der Waals surface area contributed by atoms with Crippen molar-refractivity contribution in [3.63, 3.8) is 0 Å². The fraction of sp³-hybridized carbons (Fsp3) is 0.167. The largest absolute Gasteiger partial charge is 0.389 e. The van der Waals surface area contributed by atoms with Crippen molar-refractivity contribution < 1.29 is 4.79 Å². The standard InChI is InChI=1S/C12H13N5OS/c13-11(19)8-1-2-10(16-5-8)12(18)15-4-3-9-6-14-7-17-9/h1-2,5-7H,3-4H2,(H2,13,19)(H,14,17)(H,15,18). The molecular formula is C12H13N5OS. The van der Waals surface area contributed by atoms with Gasteiger partial charge in [-0.05, 0) is 12.1 Å². The lowest BCUT2D eigenvalue weighted by molar-refractivity contribution is 0.0949. The number of aromatic amines is 1. The van der Waals surface area contributed by atoms with Crippen LogP contribution in [0.4, 0.5) is 0 Å². The lowest BCUT2D eigenvalue weighted by Gasteiger charge is -2.04. The van der Waals surface area contributed by atoms with Crippen molar-refractivity contribution in [1.29, 1.82) is 0 Å². The average Bonchev–Trinajstić information content (AvgIpc) is 2.92. The minimum Gasteiger partial charge on any atom is -0.389 e. The molecule has 0 radical (unpaired) electrons. The van der Waals surface area contributed by atoms with Crippen LogP contribution in [-0.4, -0.2) is 32.4 Å². The zero-order valence-corrected chi connectivity index (χ0v) is 10.9. The monoisotopic (exact) mass is 275 g/mol. The first-order chi connectivity index (χ1) is 9.16. The Morgan fingerprint density at radius 3 is 2.84 bits per heavy atom. The van der Waals surface area contributed by atoms with Gasteiger partial charge in [0.25, 0.3) is 5.91 Å². The second-order valence-electron chi connectivity index (χ2n) is 3.88. The van der Waals surface area contributed by atoms with Crippen molar-refractivity contribution in [2.24, 2.45) is 5.73 Å². The zero-order chi connectivity index (χ0) is 13.7. The second kappa shape index (κ2) is 6.05. The van der Waals surface area contributed by atoms with E-state index in [9.17, 15) is 4.79 Å². The second-order valence-corrected chi connectivity index (χ2v) is 4.32. The van der Waals surface area contributed by atoms with Crippen LogP contribution in [0.3, 0.4) is 0 Å². The molecule has 0 aliphatic carbocycles. The number of carbonyl (C=O) groups is 1. The molecule has 2 rings (SSSR count). The number of thiocarbonyl (C=S) groups is 1. The smallest absolute Gasteiger partial charge is 0.269 e. The first kappa shape index (κ1) is 13.2. The number of carbonyl (C=O) groups excluding carboxylic acids is 1. The van der Waals surface area contributed by atoms with Gasteiger partial charge in [-0.2, -0.15) is 0 Å². The molecule has 4 N–H and O–H groups in total. The molecule has 19 heavy (non-hydrogen) atoms. The number of hydrogen-bond acceptors (Lipinski definition) is 4. The molecule has 0 aliphatic rings. The molecule has 98 valence electrons. The summed E-state index contributed by atoms with van der Waals surface area (Å²) in [4.78, 5) is 22.9. The third-order valence-corrected chi connectivity index (χ3v) is 2.75. The molecule has 2 aromatic rings. The highest BCUT2D eigenvalue weighted by Gasteiger charge is 2.07. The molecule has 0 aromatic carbocycles. The summed E-state index contributed by atoms with van der Waals surface area (Å²) >= 11 is 4.81. The highest BCUT2D eigenvalue weighted by atomic mass is 32.1. The van der Waals surface area contributed by atoms with Crippen LogP contribution in [-0.2, 0) is 6.42 Å². The summed E-state index contributed by atoms with van der Waals surface area (Å²) in [6, 6.07) is 3.28. The summed E-state index contributed by atoms with van der Waals surface area (Å²) < 4.78 is 0. The molecule has 0 atom stereocenters. The van der Waals surface area contributed by atoms with Gasteiger partial charge in [0.05, 0.1) is 6.33 Å². The van der Waals surface area contributed by atoms with E-state index in [2.05, 4.69) is 20.3 Å². The Bertz CT molecular complexity index is 564. The summed E-state index contributed by atoms with van der Waals surface area (Å²) in [7, 11) is 0. The summed E-state index contributed by atoms with van der Waals surface area (Å²) in [5, 5.41) is 2.77. The van der Waals surface area contributed by atoms with E-state index in [4.69, 9.17) is 18.0 Å². The number of nitrogens with two attached hydrogens (primary N) is 1. The van der Waals surface area contributed by atoms with Gasteiger partial charge in [-0.25, -0.2) is 4.98 Å². The van der Waals surface area contributed by atoms with Crippen LogP contribution in [0.1, 0.15) is 21.7 Å². The number of imidazole rings is 1. The molecule has 0 aliphatic heterocycles. The summed E-state index contributed by atoms with van der Waals surface area (Å²) in [6.07, 6.45) is 5.51. The van der Waals surface area contributed by atoms with E-state index in [0.717, 1.165) is 5.69 Å². The Balaban J connectivity index is 1.87. The number of nitrogens with zero attached hydrogens (tertiary/aromatic N) is 2. The van der Waals surface area contributed by atoms with Gasteiger partial charge >= 0.3 is 0 Å². The van der Waals surface area contributed by atoms with Gasteiger partial charge in [-0.3, -0.25) is 9.78 Å². The van der Waals surface area contributed by atoms with Crippen LogP contribution in [0.15, 0.2) is 30.9 Å². The van der Waals surface area contributed by atoms with Crippen molar-refractivity contribution in [1.82, 2.24) is 20.3 Å². The van der Waals surface area contributed by atoms with E-state index in [1.54, 1.807) is 24.7 Å². The minimum absolute atomic E-state index is 0.228. The highest BCUT2D eigenvalue weighted by molar-refractivity contribution is 7.80. The van der Waals surface area contributed by atoms with Crippen LogP contribution in [0.25, 0.3) is 0 Å². The Labute approximate surface area is 115 Å². The molecule has 0 saturated heterocycles. The predicted molar refractivity (Wildman–Crippen MR) is 74.7 cm³/mol. The van der Waals surface area contributed by atoms with Crippen molar-refractivity contribution in [2.45, 2.75) is 6.42 Å². The maximum absolute atomic E-state index is 11.8. The van der Waals surface area contributed by atoms with Crippen molar-refractivity contribution in [2.75, 3.05) is 6.54 Å². The SMILES string of the molecule is NC(=S)c1ccc(C(=O)NCCc2cnc[nH]2)nc1. The van der Waals surface area contributed by atoms with E-state index < -0.39 is 0 Å². The van der Waals surface area contributed by atoms with Gasteiger partial charge in [-0.1, -0.05) is 12.2 Å². The van der Waals surface area contributed by atoms with E-state index >= 15 is 0 Å². The lowest BCUT2D eigenvalue weighted by Crippen LogP contribution is -2.26. The number of nitrogens with one attached hydrogen (secondary N) is 2. The molecule has 0 fully saturated rings. The quantitative estimate of drug-likeness (QED) is 0.687. The molecule has 6 nitrogen and oxygen atoms in total. The fourth-order valence-electron chi connectivity index (χ4n) is 1.50. The van der Waals surface area contributed by atoms with E-state index in [1.807, 2.05) is 0 Å². The maximum atomic E-state index is 11.8. The van der Waals surface area contributed by atoms with Crippen molar-refractivity contribution in [3.8, 4) is 0 Å². The maximum Gasteiger partial charge on any atom is 0.269 e.